The molecule has 0 aliphatic heterocycles. The van der Waals surface area contributed by atoms with E-state index in [4.69, 9.17) is 5.26 Å². The molecule has 2 rings (SSSR count). The summed E-state index contributed by atoms with van der Waals surface area (Å²) in [6.07, 6.45) is 0. The number of hydrogen-bond acceptors (Lipinski definition) is 4. The van der Waals surface area contributed by atoms with E-state index in [0.29, 0.717) is 10.4 Å². The first-order valence-corrected chi connectivity index (χ1v) is 6.58. The van der Waals surface area contributed by atoms with Gasteiger partial charge in [0.25, 0.3) is 5.91 Å². The van der Waals surface area contributed by atoms with E-state index in [2.05, 4.69) is 5.32 Å². The lowest BCUT2D eigenvalue weighted by Gasteiger charge is -2.16. The summed E-state index contributed by atoms with van der Waals surface area (Å²) in [5.74, 6) is -0.338. The van der Waals surface area contributed by atoms with E-state index < -0.39 is 6.04 Å². The van der Waals surface area contributed by atoms with E-state index in [9.17, 15) is 9.90 Å². The number of rotatable bonds is 4. The third-order valence-electron chi connectivity index (χ3n) is 2.68. The predicted molar refractivity (Wildman–Crippen MR) is 72.8 cm³/mol. The quantitative estimate of drug-likeness (QED) is 0.895. The molecule has 2 aromatic rings. The lowest BCUT2D eigenvalue weighted by molar-refractivity contribution is 0.0920. The normalized spacial score (nSPS) is 11.6. The smallest absolute Gasteiger partial charge is 0.263 e. The Hall–Kier alpha value is -2.16. The van der Waals surface area contributed by atoms with Crippen molar-refractivity contribution >= 4 is 17.2 Å². The van der Waals surface area contributed by atoms with Crippen molar-refractivity contribution in [1.29, 1.82) is 5.26 Å². The molecule has 0 saturated carbocycles. The van der Waals surface area contributed by atoms with Crippen molar-refractivity contribution in [3.63, 3.8) is 0 Å². The SMILES string of the molecule is N#Cc1ccsc1C(=O)N[C@H](CO)c1ccccc1. The minimum atomic E-state index is -0.470. The summed E-state index contributed by atoms with van der Waals surface area (Å²) in [5, 5.41) is 22.7. The van der Waals surface area contributed by atoms with E-state index in [1.165, 1.54) is 11.3 Å². The van der Waals surface area contributed by atoms with Crippen molar-refractivity contribution in [2.75, 3.05) is 6.61 Å². The molecule has 96 valence electrons. The largest absolute Gasteiger partial charge is 0.394 e. The standard InChI is InChI=1S/C14H12N2O2S/c15-8-11-6-7-19-13(11)14(18)16-12(9-17)10-4-2-1-3-5-10/h1-7,12,17H,9H2,(H,16,18)/t12-/m1/s1. The third-order valence-corrected chi connectivity index (χ3v) is 3.59. The summed E-state index contributed by atoms with van der Waals surface area (Å²) in [6.45, 7) is -0.191. The lowest BCUT2D eigenvalue weighted by atomic mass is 10.1. The first-order valence-electron chi connectivity index (χ1n) is 5.70. The van der Waals surface area contributed by atoms with Crippen LogP contribution in [0.1, 0.15) is 26.8 Å². The predicted octanol–water partition coefficient (Wildman–Crippen LogP) is 2.08. The molecule has 2 N–H and O–H groups in total. The second-order valence-electron chi connectivity index (χ2n) is 3.89. The van der Waals surface area contributed by atoms with Gasteiger partial charge in [-0.15, -0.1) is 11.3 Å². The number of amides is 1. The van der Waals surface area contributed by atoms with Crippen LogP contribution < -0.4 is 5.32 Å². The van der Waals surface area contributed by atoms with Gasteiger partial charge < -0.3 is 10.4 Å². The van der Waals surface area contributed by atoms with Gasteiger partial charge in [0.15, 0.2) is 0 Å². The molecule has 0 aliphatic rings. The van der Waals surface area contributed by atoms with Gasteiger partial charge in [-0.1, -0.05) is 30.3 Å². The number of nitrogens with one attached hydrogen (secondary N) is 1. The van der Waals surface area contributed by atoms with Gasteiger partial charge >= 0.3 is 0 Å². The van der Waals surface area contributed by atoms with Crippen LogP contribution >= 0.6 is 11.3 Å². The zero-order valence-corrected chi connectivity index (χ0v) is 10.9. The van der Waals surface area contributed by atoms with Crippen LogP contribution in [0.3, 0.4) is 0 Å². The molecule has 0 spiro atoms. The van der Waals surface area contributed by atoms with Gasteiger partial charge in [0.2, 0.25) is 0 Å². The van der Waals surface area contributed by atoms with Gasteiger partial charge in [-0.2, -0.15) is 5.26 Å². The fourth-order valence-corrected chi connectivity index (χ4v) is 2.46. The Balaban J connectivity index is 2.16. The Morgan fingerprint density at radius 3 is 2.74 bits per heavy atom. The summed E-state index contributed by atoms with van der Waals surface area (Å²) in [6, 6.07) is 12.3. The maximum absolute atomic E-state index is 12.1. The molecule has 1 amide bonds. The number of thiophene rings is 1. The van der Waals surface area contributed by atoms with Crippen LogP contribution in [0.5, 0.6) is 0 Å². The maximum atomic E-state index is 12.1. The average Bonchev–Trinajstić information content (AvgIpc) is 2.94. The summed E-state index contributed by atoms with van der Waals surface area (Å²) in [7, 11) is 0. The van der Waals surface area contributed by atoms with Crippen molar-refractivity contribution in [3.05, 3.63) is 57.8 Å². The molecule has 0 saturated heterocycles. The summed E-state index contributed by atoms with van der Waals surface area (Å²) in [5.41, 5.74) is 1.18. The van der Waals surface area contributed by atoms with E-state index in [1.807, 2.05) is 36.4 Å². The number of aliphatic hydroxyl groups excluding tert-OH is 1. The first kappa shape index (κ1) is 13.3. The molecule has 19 heavy (non-hydrogen) atoms. The van der Waals surface area contributed by atoms with Crippen molar-refractivity contribution in [2.45, 2.75) is 6.04 Å². The van der Waals surface area contributed by atoms with E-state index in [-0.39, 0.29) is 12.5 Å². The van der Waals surface area contributed by atoms with Crippen LogP contribution in [0.2, 0.25) is 0 Å². The summed E-state index contributed by atoms with van der Waals surface area (Å²) >= 11 is 1.21. The van der Waals surface area contributed by atoms with Crippen LogP contribution in [-0.4, -0.2) is 17.6 Å². The van der Waals surface area contributed by atoms with E-state index in [0.717, 1.165) is 5.56 Å². The number of nitriles is 1. The second-order valence-corrected chi connectivity index (χ2v) is 4.81. The van der Waals surface area contributed by atoms with Crippen LogP contribution in [0.4, 0.5) is 0 Å². The van der Waals surface area contributed by atoms with Crippen molar-refractivity contribution in [2.24, 2.45) is 0 Å². The zero-order valence-electron chi connectivity index (χ0n) is 10.0. The summed E-state index contributed by atoms with van der Waals surface area (Å²) in [4.78, 5) is 12.4. The molecule has 1 aromatic heterocycles. The van der Waals surface area contributed by atoms with E-state index >= 15 is 0 Å². The van der Waals surface area contributed by atoms with Crippen LogP contribution in [0.15, 0.2) is 41.8 Å². The minimum Gasteiger partial charge on any atom is -0.394 e. The topological polar surface area (TPSA) is 73.1 Å². The van der Waals surface area contributed by atoms with Gasteiger partial charge in [0, 0.05) is 0 Å². The lowest BCUT2D eigenvalue weighted by Crippen LogP contribution is -2.30. The number of carbonyl (C=O) groups excluding carboxylic acids is 1. The molecule has 1 aromatic carbocycles. The maximum Gasteiger partial charge on any atom is 0.263 e. The number of hydrogen-bond donors (Lipinski definition) is 2. The second kappa shape index (κ2) is 6.14. The molecule has 4 nitrogen and oxygen atoms in total. The van der Waals surface area contributed by atoms with Crippen molar-refractivity contribution in [3.8, 4) is 6.07 Å². The van der Waals surface area contributed by atoms with Gasteiger partial charge in [-0.05, 0) is 17.0 Å². The Morgan fingerprint density at radius 1 is 1.37 bits per heavy atom. The van der Waals surface area contributed by atoms with Gasteiger partial charge in [0.05, 0.1) is 18.2 Å². The molecule has 0 radical (unpaired) electrons. The molecule has 0 fully saturated rings. The molecule has 0 unspecified atom stereocenters. The van der Waals surface area contributed by atoms with Crippen LogP contribution in [0, 0.1) is 11.3 Å². The fraction of sp³-hybridized carbons (Fsp3) is 0.143. The number of aliphatic hydroxyl groups is 1. The van der Waals surface area contributed by atoms with Gasteiger partial charge in [-0.3, -0.25) is 4.79 Å². The molecule has 0 aliphatic carbocycles. The number of benzene rings is 1. The minimum absolute atomic E-state index is 0.191. The monoisotopic (exact) mass is 272 g/mol. The number of nitrogens with zero attached hydrogens (tertiary/aromatic N) is 1. The Kier molecular flexibility index (Phi) is 4.29. The molecular formula is C14H12N2O2S. The molecular weight excluding hydrogens is 260 g/mol. The number of carbonyl (C=O) groups is 1. The van der Waals surface area contributed by atoms with Crippen LogP contribution in [0.25, 0.3) is 0 Å². The molecule has 1 atom stereocenters. The highest BCUT2D eigenvalue weighted by Gasteiger charge is 2.18. The highest BCUT2D eigenvalue weighted by Crippen LogP contribution is 2.18. The van der Waals surface area contributed by atoms with Gasteiger partial charge in [0.1, 0.15) is 10.9 Å². The average molecular weight is 272 g/mol. The third kappa shape index (κ3) is 2.99. The fourth-order valence-electron chi connectivity index (χ4n) is 1.72. The highest BCUT2D eigenvalue weighted by molar-refractivity contribution is 7.12. The Morgan fingerprint density at radius 2 is 2.11 bits per heavy atom. The summed E-state index contributed by atoms with van der Waals surface area (Å²) < 4.78 is 0. The zero-order chi connectivity index (χ0) is 13.7. The Labute approximate surface area is 114 Å². The Bertz CT molecular complexity index is 601. The van der Waals surface area contributed by atoms with Crippen molar-refractivity contribution in [1.82, 2.24) is 5.32 Å². The highest BCUT2D eigenvalue weighted by atomic mass is 32.1. The molecule has 1 heterocycles. The molecule has 5 heteroatoms. The van der Waals surface area contributed by atoms with Crippen LogP contribution in [-0.2, 0) is 0 Å². The molecule has 0 bridgehead atoms. The van der Waals surface area contributed by atoms with Crippen molar-refractivity contribution < 1.29 is 9.90 Å². The van der Waals surface area contributed by atoms with Gasteiger partial charge in [-0.25, -0.2) is 0 Å². The first-order chi connectivity index (χ1) is 9.26. The van der Waals surface area contributed by atoms with E-state index in [1.54, 1.807) is 11.4 Å².